The zero-order chi connectivity index (χ0) is 11.5. The van der Waals surface area contributed by atoms with Gasteiger partial charge in [0.15, 0.2) is 0 Å². The summed E-state index contributed by atoms with van der Waals surface area (Å²) >= 11 is 0. The van der Waals surface area contributed by atoms with Crippen LogP contribution in [0.4, 0.5) is 0 Å². The van der Waals surface area contributed by atoms with E-state index >= 15 is 0 Å². The zero-order valence-electron chi connectivity index (χ0n) is 10.3. The van der Waals surface area contributed by atoms with Gasteiger partial charge in [-0.25, -0.2) is 4.98 Å². The van der Waals surface area contributed by atoms with Crippen LogP contribution in [-0.4, -0.2) is 29.6 Å². The summed E-state index contributed by atoms with van der Waals surface area (Å²) in [6, 6.07) is 4.61. The van der Waals surface area contributed by atoms with E-state index in [-0.39, 0.29) is 6.10 Å². The number of hydrogen-bond acceptors (Lipinski definition) is 3. The Morgan fingerprint density at radius 2 is 2.31 bits per heavy atom. The van der Waals surface area contributed by atoms with E-state index in [2.05, 4.69) is 23.0 Å². The van der Waals surface area contributed by atoms with Crippen LogP contribution in [0, 0.1) is 0 Å². The fourth-order valence-corrected chi connectivity index (χ4v) is 2.28. The minimum absolute atomic E-state index is 0.181. The number of hydrogen-bond donors (Lipinski definition) is 0. The smallest absolute Gasteiger partial charge is 0.218 e. The molecular formula is C13H20N2O. The fourth-order valence-electron chi connectivity index (χ4n) is 2.28. The molecule has 2 rings (SSSR count). The molecule has 0 bridgehead atoms. The molecule has 1 aromatic rings. The Labute approximate surface area is 97.4 Å². The first-order valence-electron chi connectivity index (χ1n) is 6.00. The van der Waals surface area contributed by atoms with E-state index < -0.39 is 0 Å². The van der Waals surface area contributed by atoms with Crippen molar-refractivity contribution in [3.63, 3.8) is 0 Å². The van der Waals surface area contributed by atoms with Gasteiger partial charge in [0, 0.05) is 17.8 Å². The van der Waals surface area contributed by atoms with Gasteiger partial charge in [0.1, 0.15) is 0 Å². The molecule has 0 spiro atoms. The molecule has 1 fully saturated rings. The summed E-state index contributed by atoms with van der Waals surface area (Å²) < 4.78 is 5.77. The Morgan fingerprint density at radius 3 is 2.94 bits per heavy atom. The third kappa shape index (κ3) is 2.35. The van der Waals surface area contributed by atoms with Crippen LogP contribution >= 0.6 is 0 Å². The van der Waals surface area contributed by atoms with Gasteiger partial charge in [-0.3, -0.25) is 4.90 Å². The van der Waals surface area contributed by atoms with Crippen molar-refractivity contribution in [1.29, 1.82) is 0 Å². The highest BCUT2D eigenvalue weighted by molar-refractivity contribution is 5.29. The van der Waals surface area contributed by atoms with Crippen LogP contribution < -0.4 is 4.74 Å². The first-order valence-corrected chi connectivity index (χ1v) is 6.00. The lowest BCUT2D eigenvalue weighted by Gasteiger charge is -2.22. The highest BCUT2D eigenvalue weighted by atomic mass is 16.5. The van der Waals surface area contributed by atoms with Crippen LogP contribution in [-0.2, 0) is 0 Å². The Kier molecular flexibility index (Phi) is 3.44. The maximum atomic E-state index is 5.77. The molecular weight excluding hydrogens is 200 g/mol. The van der Waals surface area contributed by atoms with Crippen molar-refractivity contribution >= 4 is 0 Å². The third-order valence-electron chi connectivity index (χ3n) is 3.03. The van der Waals surface area contributed by atoms with Crippen LogP contribution in [0.15, 0.2) is 18.3 Å². The molecule has 16 heavy (non-hydrogen) atoms. The second-order valence-corrected chi connectivity index (χ2v) is 4.70. The van der Waals surface area contributed by atoms with Gasteiger partial charge in [-0.2, -0.15) is 0 Å². The molecule has 1 aromatic heterocycles. The van der Waals surface area contributed by atoms with Crippen molar-refractivity contribution in [2.24, 2.45) is 0 Å². The van der Waals surface area contributed by atoms with Gasteiger partial charge in [-0.1, -0.05) is 6.07 Å². The monoisotopic (exact) mass is 220 g/mol. The maximum Gasteiger partial charge on any atom is 0.218 e. The molecule has 3 heteroatoms. The first-order chi connectivity index (χ1) is 7.68. The predicted octanol–water partition coefficient (Wildman–Crippen LogP) is 2.64. The zero-order valence-corrected chi connectivity index (χ0v) is 10.3. The molecule has 0 unspecified atom stereocenters. The van der Waals surface area contributed by atoms with Crippen LogP contribution in [0.3, 0.4) is 0 Å². The summed E-state index contributed by atoms with van der Waals surface area (Å²) in [5.41, 5.74) is 1.23. The number of nitrogens with zero attached hydrogens (tertiary/aromatic N) is 2. The third-order valence-corrected chi connectivity index (χ3v) is 3.03. The summed E-state index contributed by atoms with van der Waals surface area (Å²) in [7, 11) is 2.17. The quantitative estimate of drug-likeness (QED) is 0.783. The van der Waals surface area contributed by atoms with Crippen LogP contribution in [0.1, 0.15) is 38.3 Å². The van der Waals surface area contributed by atoms with Gasteiger partial charge < -0.3 is 4.74 Å². The number of aromatic nitrogens is 1. The lowest BCUT2D eigenvalue weighted by atomic mass is 10.1. The van der Waals surface area contributed by atoms with E-state index in [9.17, 15) is 0 Å². The van der Waals surface area contributed by atoms with Crippen molar-refractivity contribution < 1.29 is 4.74 Å². The highest BCUT2D eigenvalue weighted by Gasteiger charge is 2.25. The van der Waals surface area contributed by atoms with E-state index in [1.807, 2.05) is 19.9 Å². The number of likely N-dealkylation sites (tertiary alicyclic amines) is 1. The van der Waals surface area contributed by atoms with Gasteiger partial charge in [-0.05, 0) is 46.3 Å². The number of rotatable bonds is 3. The van der Waals surface area contributed by atoms with Gasteiger partial charge in [-0.15, -0.1) is 0 Å². The lowest BCUT2D eigenvalue weighted by molar-refractivity contribution is 0.220. The predicted molar refractivity (Wildman–Crippen MR) is 64.6 cm³/mol. The van der Waals surface area contributed by atoms with Crippen molar-refractivity contribution in [1.82, 2.24) is 9.88 Å². The van der Waals surface area contributed by atoms with E-state index in [1.54, 1.807) is 6.20 Å². The summed E-state index contributed by atoms with van der Waals surface area (Å²) in [5.74, 6) is 0.802. The largest absolute Gasteiger partial charge is 0.475 e. The molecule has 0 saturated carbocycles. The van der Waals surface area contributed by atoms with E-state index in [1.165, 1.54) is 24.9 Å². The Balaban J connectivity index is 2.25. The maximum absolute atomic E-state index is 5.77. The summed E-state index contributed by atoms with van der Waals surface area (Å²) in [6.45, 7) is 5.24. The minimum Gasteiger partial charge on any atom is -0.475 e. The Hall–Kier alpha value is -1.09. The number of ether oxygens (including phenoxy) is 1. The molecule has 1 aliphatic heterocycles. The van der Waals surface area contributed by atoms with Gasteiger partial charge in [0.05, 0.1) is 6.10 Å². The van der Waals surface area contributed by atoms with Crippen LogP contribution in [0.2, 0.25) is 0 Å². The van der Waals surface area contributed by atoms with Crippen LogP contribution in [0.25, 0.3) is 0 Å². The van der Waals surface area contributed by atoms with Gasteiger partial charge in [0.25, 0.3) is 0 Å². The summed E-state index contributed by atoms with van der Waals surface area (Å²) in [5, 5.41) is 0. The first kappa shape index (κ1) is 11.4. The van der Waals surface area contributed by atoms with E-state index in [0.717, 1.165) is 5.88 Å². The SMILES string of the molecule is CC(C)Oc1ncccc1[C@@H]1CCCN1C. The lowest BCUT2D eigenvalue weighted by Crippen LogP contribution is -2.19. The fraction of sp³-hybridized carbons (Fsp3) is 0.615. The second-order valence-electron chi connectivity index (χ2n) is 4.70. The topological polar surface area (TPSA) is 25.4 Å². The molecule has 0 N–H and O–H groups in total. The molecule has 0 radical (unpaired) electrons. The minimum atomic E-state index is 0.181. The summed E-state index contributed by atoms with van der Waals surface area (Å²) in [4.78, 5) is 6.73. The van der Waals surface area contributed by atoms with Crippen LogP contribution in [0.5, 0.6) is 5.88 Å². The van der Waals surface area contributed by atoms with Crippen molar-refractivity contribution in [3.05, 3.63) is 23.9 Å². The van der Waals surface area contributed by atoms with E-state index in [4.69, 9.17) is 4.74 Å². The highest BCUT2D eigenvalue weighted by Crippen LogP contribution is 2.34. The molecule has 2 heterocycles. The Morgan fingerprint density at radius 1 is 1.50 bits per heavy atom. The Bertz CT molecular complexity index is 352. The molecule has 1 aliphatic rings. The molecule has 0 amide bonds. The number of pyridine rings is 1. The normalized spacial score (nSPS) is 21.6. The molecule has 0 aliphatic carbocycles. The molecule has 1 atom stereocenters. The van der Waals surface area contributed by atoms with Gasteiger partial charge >= 0.3 is 0 Å². The van der Waals surface area contributed by atoms with Crippen molar-refractivity contribution in [2.75, 3.05) is 13.6 Å². The molecule has 1 saturated heterocycles. The molecule has 88 valence electrons. The summed E-state index contributed by atoms with van der Waals surface area (Å²) in [6.07, 6.45) is 4.45. The second kappa shape index (κ2) is 4.83. The van der Waals surface area contributed by atoms with Gasteiger partial charge in [0.2, 0.25) is 5.88 Å². The van der Waals surface area contributed by atoms with E-state index in [0.29, 0.717) is 6.04 Å². The van der Waals surface area contributed by atoms with Crippen molar-refractivity contribution in [2.45, 2.75) is 38.8 Å². The average Bonchev–Trinajstić information content (AvgIpc) is 2.64. The van der Waals surface area contributed by atoms with Crippen molar-refractivity contribution in [3.8, 4) is 5.88 Å². The molecule has 3 nitrogen and oxygen atoms in total. The standard InChI is InChI=1S/C13H20N2O/c1-10(2)16-13-11(6-4-8-14-13)12-7-5-9-15(12)3/h4,6,8,10,12H,5,7,9H2,1-3H3/t12-/m0/s1. The average molecular weight is 220 g/mol. The molecule has 0 aromatic carbocycles.